The quantitative estimate of drug-likeness (QED) is 0.253. The van der Waals surface area contributed by atoms with Crippen molar-refractivity contribution in [3.63, 3.8) is 0 Å². The number of carboxylic acid groups (broad SMARTS) is 1. The Balaban J connectivity index is 2.28. The summed E-state index contributed by atoms with van der Waals surface area (Å²) in [5.41, 5.74) is 3.80. The molecule has 2 fully saturated rings. The molecule has 1 heterocycles. The van der Waals surface area contributed by atoms with Crippen molar-refractivity contribution in [2.24, 2.45) is 5.73 Å². The molecular weight excluding hydrogens is 396 g/mol. The summed E-state index contributed by atoms with van der Waals surface area (Å²) in [4.78, 5) is 22.9. The van der Waals surface area contributed by atoms with Crippen molar-refractivity contribution < 1.29 is 43.2 Å². The minimum Gasteiger partial charge on any atom is -0.481 e. The lowest BCUT2D eigenvalue weighted by molar-refractivity contribution is -0.176. The van der Waals surface area contributed by atoms with Crippen LogP contribution < -0.4 is 11.1 Å². The van der Waals surface area contributed by atoms with E-state index in [1.54, 1.807) is 0 Å². The van der Waals surface area contributed by atoms with E-state index >= 15 is 0 Å². The van der Waals surface area contributed by atoms with Crippen molar-refractivity contribution in [2.75, 3.05) is 6.61 Å². The summed E-state index contributed by atoms with van der Waals surface area (Å²) in [5, 5.41) is 40.1. The van der Waals surface area contributed by atoms with Crippen LogP contribution >= 0.6 is 0 Å². The van der Waals surface area contributed by atoms with Crippen LogP contribution in [0.2, 0.25) is 0 Å². The lowest BCUT2D eigenvalue weighted by atomic mass is 9.97. The van der Waals surface area contributed by atoms with E-state index in [0.717, 1.165) is 6.42 Å². The Morgan fingerprint density at radius 3 is 2.29 bits per heavy atom. The van der Waals surface area contributed by atoms with Crippen LogP contribution in [0.5, 0.6) is 0 Å². The number of carbonyl (C=O) groups excluding carboxylic acids is 1. The zero-order valence-corrected chi connectivity index (χ0v) is 16.1. The lowest BCUT2D eigenvalue weighted by Crippen LogP contribution is -2.67. The first kappa shape index (κ1) is 23.0. The van der Waals surface area contributed by atoms with Crippen LogP contribution in [0, 0.1) is 0 Å². The first-order valence-electron chi connectivity index (χ1n) is 9.22. The average molecular weight is 424 g/mol. The number of hydrogen-bond donors (Lipinski definition) is 6. The van der Waals surface area contributed by atoms with Crippen molar-refractivity contribution in [1.29, 1.82) is 0 Å². The van der Waals surface area contributed by atoms with Gasteiger partial charge in [0, 0.05) is 0 Å². The predicted molar refractivity (Wildman–Crippen MR) is 95.7 cm³/mol. The molecular formula is C16H28N2O9S. The highest BCUT2D eigenvalue weighted by atomic mass is 32.2. The van der Waals surface area contributed by atoms with E-state index in [9.17, 15) is 33.3 Å². The van der Waals surface area contributed by atoms with Gasteiger partial charge in [0.05, 0.1) is 30.4 Å². The van der Waals surface area contributed by atoms with E-state index in [1.807, 2.05) is 0 Å². The zero-order chi connectivity index (χ0) is 21.1. The van der Waals surface area contributed by atoms with Crippen molar-refractivity contribution in [3.05, 3.63) is 0 Å². The molecule has 2 rings (SSSR count). The Bertz CT molecular complexity index is 665. The summed E-state index contributed by atoms with van der Waals surface area (Å²) >= 11 is 0. The Hall–Kier alpha value is -1.31. The topological polar surface area (TPSA) is 196 Å². The number of amides is 1. The number of ether oxygens (including phenoxy) is 1. The Morgan fingerprint density at radius 1 is 1.14 bits per heavy atom. The number of aliphatic hydroxyl groups is 3. The van der Waals surface area contributed by atoms with Crippen LogP contribution in [0.15, 0.2) is 0 Å². The van der Waals surface area contributed by atoms with Gasteiger partial charge >= 0.3 is 5.97 Å². The minimum absolute atomic E-state index is 0.407. The van der Waals surface area contributed by atoms with Gasteiger partial charge in [0.2, 0.25) is 5.91 Å². The van der Waals surface area contributed by atoms with Gasteiger partial charge in [-0.15, -0.1) is 0 Å². The molecule has 0 bridgehead atoms. The normalized spacial score (nSPS) is 33.2. The molecule has 0 radical (unpaired) electrons. The van der Waals surface area contributed by atoms with Crippen molar-refractivity contribution in [1.82, 2.24) is 5.32 Å². The molecule has 11 nitrogen and oxygen atoms in total. The fourth-order valence-electron chi connectivity index (χ4n) is 3.65. The minimum atomic E-state index is -4.00. The number of aliphatic hydroxyl groups excluding tert-OH is 3. The number of carbonyl (C=O) groups is 2. The van der Waals surface area contributed by atoms with Gasteiger partial charge in [-0.05, 0) is 12.8 Å². The second-order valence-electron chi connectivity index (χ2n) is 7.29. The van der Waals surface area contributed by atoms with E-state index in [-0.39, 0.29) is 0 Å². The van der Waals surface area contributed by atoms with Gasteiger partial charge in [0.1, 0.15) is 18.3 Å². The standard InChI is InChI=1S/C16H28N2O9S/c17-9(6-11(20)21)15(24)18-12-14(23)13(22)10(7-19)27-16(12)28(25,26)8-4-2-1-3-5-8/h8-10,12-14,16,19,22-23H,1-7,17H2,(H,18,24)(H,20,21)/t9-,10+,12+,13+,14+,16+/m0/s1. The third-order valence-electron chi connectivity index (χ3n) is 5.26. The van der Waals surface area contributed by atoms with E-state index < -0.39 is 75.8 Å². The van der Waals surface area contributed by atoms with Gasteiger partial charge in [-0.25, -0.2) is 8.42 Å². The average Bonchev–Trinajstić information content (AvgIpc) is 2.65. The summed E-state index contributed by atoms with van der Waals surface area (Å²) in [7, 11) is -4.00. The number of nitrogens with one attached hydrogen (secondary N) is 1. The lowest BCUT2D eigenvalue weighted by Gasteiger charge is -2.43. The molecule has 0 unspecified atom stereocenters. The number of aliphatic carboxylic acids is 1. The Labute approximate surface area is 162 Å². The first-order chi connectivity index (χ1) is 13.1. The van der Waals surface area contributed by atoms with Gasteiger partial charge in [0.25, 0.3) is 0 Å². The molecule has 0 spiro atoms. The predicted octanol–water partition coefficient (Wildman–Crippen LogP) is -2.54. The van der Waals surface area contributed by atoms with E-state index in [0.29, 0.717) is 25.7 Å². The van der Waals surface area contributed by atoms with Gasteiger partial charge in [0.15, 0.2) is 15.3 Å². The number of hydrogen-bond acceptors (Lipinski definition) is 9. The molecule has 1 saturated heterocycles. The maximum atomic E-state index is 13.1. The Kier molecular flexibility index (Phi) is 7.76. The van der Waals surface area contributed by atoms with E-state index in [1.165, 1.54) is 0 Å². The van der Waals surface area contributed by atoms with Crippen molar-refractivity contribution in [2.45, 2.75) is 79.6 Å². The summed E-state index contributed by atoms with van der Waals surface area (Å²) in [6.07, 6.45) is -2.30. The molecule has 2 aliphatic rings. The highest BCUT2D eigenvalue weighted by molar-refractivity contribution is 7.92. The molecule has 12 heteroatoms. The smallest absolute Gasteiger partial charge is 0.305 e. The molecule has 1 saturated carbocycles. The maximum Gasteiger partial charge on any atom is 0.305 e. The summed E-state index contributed by atoms with van der Waals surface area (Å²) < 4.78 is 31.6. The van der Waals surface area contributed by atoms with Crippen LogP contribution in [0.4, 0.5) is 0 Å². The van der Waals surface area contributed by atoms with Gasteiger partial charge in [-0.3, -0.25) is 9.59 Å². The van der Waals surface area contributed by atoms with E-state index in [2.05, 4.69) is 5.32 Å². The maximum absolute atomic E-state index is 13.1. The summed E-state index contributed by atoms with van der Waals surface area (Å²) in [6, 6.07) is -3.03. The highest BCUT2D eigenvalue weighted by Crippen LogP contribution is 2.32. The zero-order valence-electron chi connectivity index (χ0n) is 15.3. The van der Waals surface area contributed by atoms with Crippen LogP contribution in [-0.4, -0.2) is 88.4 Å². The molecule has 7 N–H and O–H groups in total. The van der Waals surface area contributed by atoms with Crippen LogP contribution in [0.1, 0.15) is 38.5 Å². The van der Waals surface area contributed by atoms with Crippen molar-refractivity contribution >= 4 is 21.7 Å². The Morgan fingerprint density at radius 2 is 1.75 bits per heavy atom. The largest absolute Gasteiger partial charge is 0.481 e. The van der Waals surface area contributed by atoms with Gasteiger partial charge in [-0.2, -0.15) is 0 Å². The molecule has 0 aromatic carbocycles. The van der Waals surface area contributed by atoms with Gasteiger partial charge in [-0.1, -0.05) is 19.3 Å². The van der Waals surface area contributed by atoms with Crippen LogP contribution in [-0.2, 0) is 24.2 Å². The number of carboxylic acids is 1. The second kappa shape index (κ2) is 9.46. The summed E-state index contributed by atoms with van der Waals surface area (Å²) in [5.74, 6) is -2.32. The van der Waals surface area contributed by atoms with Crippen LogP contribution in [0.25, 0.3) is 0 Å². The molecule has 1 amide bonds. The molecule has 6 atom stereocenters. The highest BCUT2D eigenvalue weighted by Gasteiger charge is 2.52. The second-order valence-corrected chi connectivity index (χ2v) is 9.60. The third kappa shape index (κ3) is 4.99. The van der Waals surface area contributed by atoms with Gasteiger partial charge < -0.3 is 36.2 Å². The molecule has 1 aliphatic carbocycles. The SMILES string of the molecule is N[C@@H](CC(=O)O)C(=O)N[C@@H]1[C@@H](O)[C@H](O)[C@@H](CO)O[C@@H]1S(=O)(=O)C1CCCCC1. The van der Waals surface area contributed by atoms with E-state index in [4.69, 9.17) is 15.6 Å². The first-order valence-corrected chi connectivity index (χ1v) is 10.8. The van der Waals surface area contributed by atoms with Crippen LogP contribution in [0.3, 0.4) is 0 Å². The third-order valence-corrected chi connectivity index (χ3v) is 7.71. The fraction of sp³-hybridized carbons (Fsp3) is 0.875. The summed E-state index contributed by atoms with van der Waals surface area (Å²) in [6.45, 7) is -0.728. The molecule has 0 aromatic heterocycles. The molecule has 1 aliphatic heterocycles. The molecule has 28 heavy (non-hydrogen) atoms. The van der Waals surface area contributed by atoms with Crippen molar-refractivity contribution in [3.8, 4) is 0 Å². The monoisotopic (exact) mass is 424 g/mol. The molecule has 162 valence electrons. The fourth-order valence-corrected chi connectivity index (χ4v) is 5.96. The number of nitrogens with two attached hydrogens (primary N) is 1. The number of rotatable bonds is 7. The molecule has 0 aromatic rings. The number of sulfone groups is 1.